The molecule has 0 saturated carbocycles. The average Bonchev–Trinajstić information content (AvgIpc) is 3.03. The molecule has 0 spiro atoms. The maximum absolute atomic E-state index is 13.6. The van der Waals surface area contributed by atoms with Crippen LogP contribution in [-0.2, 0) is 14.3 Å². The lowest BCUT2D eigenvalue weighted by Gasteiger charge is -2.51. The summed E-state index contributed by atoms with van der Waals surface area (Å²) in [5, 5.41) is 2.24. The van der Waals surface area contributed by atoms with Gasteiger partial charge >= 0.3 is 5.97 Å². The number of benzene rings is 2. The molecule has 5 rings (SSSR count). The van der Waals surface area contributed by atoms with Crippen LogP contribution in [0.4, 0.5) is 0 Å². The first-order valence-corrected chi connectivity index (χ1v) is 16.0. The second-order valence-corrected chi connectivity index (χ2v) is 16.1. The summed E-state index contributed by atoms with van der Waals surface area (Å²) in [4.78, 5) is 67.7. The van der Waals surface area contributed by atoms with E-state index in [1.54, 1.807) is 42.5 Å². The molecule has 10 heteroatoms. The van der Waals surface area contributed by atoms with E-state index >= 15 is 0 Å². The molecule has 2 aromatic carbocycles. The summed E-state index contributed by atoms with van der Waals surface area (Å²) in [5.41, 5.74) is 0.794. The molecular weight excluding hydrogens is 502 g/mol. The van der Waals surface area contributed by atoms with E-state index < -0.39 is 49.8 Å². The zero-order valence-corrected chi connectivity index (χ0v) is 22.3. The quantitative estimate of drug-likeness (QED) is 0.246. The van der Waals surface area contributed by atoms with Crippen LogP contribution in [0.25, 0.3) is 0 Å². The number of esters is 1. The lowest BCUT2D eigenvalue weighted by molar-refractivity contribution is -0.173. The lowest BCUT2D eigenvalue weighted by Crippen LogP contribution is -2.76. The van der Waals surface area contributed by atoms with Gasteiger partial charge < -0.3 is 4.74 Å². The SMILES string of the molecule is C[Si](C)(C)CCOC(=O)C1=CC=CN(C(=O)c2ccccc2)N2C(=O)C(N3C(=O)c4ccccc4C3=O)C12. The van der Waals surface area contributed by atoms with E-state index in [0.29, 0.717) is 5.56 Å². The lowest BCUT2D eigenvalue weighted by atomic mass is 9.88. The van der Waals surface area contributed by atoms with Gasteiger partial charge in [0.15, 0.2) is 0 Å². The number of imide groups is 1. The molecule has 1 fully saturated rings. The van der Waals surface area contributed by atoms with E-state index in [1.165, 1.54) is 30.5 Å². The van der Waals surface area contributed by atoms with Crippen molar-refractivity contribution in [2.75, 3.05) is 6.61 Å². The van der Waals surface area contributed by atoms with Gasteiger partial charge in [-0.2, -0.15) is 0 Å². The third-order valence-electron chi connectivity index (χ3n) is 6.75. The fourth-order valence-corrected chi connectivity index (χ4v) is 5.43. The van der Waals surface area contributed by atoms with Crippen LogP contribution in [0, 0.1) is 0 Å². The van der Waals surface area contributed by atoms with E-state index in [0.717, 1.165) is 21.0 Å². The number of nitrogens with zero attached hydrogens (tertiary/aromatic N) is 3. The Morgan fingerprint density at radius 2 is 1.47 bits per heavy atom. The van der Waals surface area contributed by atoms with Crippen molar-refractivity contribution in [3.05, 3.63) is 95.2 Å². The highest BCUT2D eigenvalue weighted by molar-refractivity contribution is 6.76. The topological polar surface area (TPSA) is 104 Å². The molecule has 3 aliphatic heterocycles. The largest absolute Gasteiger partial charge is 0.463 e. The van der Waals surface area contributed by atoms with Crippen LogP contribution >= 0.6 is 0 Å². The first kappa shape index (κ1) is 25.3. The number of hydrogen-bond donors (Lipinski definition) is 0. The number of allylic oxidation sites excluding steroid dienone is 2. The molecule has 38 heavy (non-hydrogen) atoms. The minimum atomic E-state index is -1.49. The minimum Gasteiger partial charge on any atom is -0.463 e. The van der Waals surface area contributed by atoms with Crippen molar-refractivity contribution in [1.29, 1.82) is 0 Å². The van der Waals surface area contributed by atoms with E-state index in [-0.39, 0.29) is 23.3 Å². The molecule has 0 aliphatic carbocycles. The highest BCUT2D eigenvalue weighted by Crippen LogP contribution is 2.39. The van der Waals surface area contributed by atoms with Crippen LogP contribution in [0.5, 0.6) is 0 Å². The van der Waals surface area contributed by atoms with E-state index in [9.17, 15) is 24.0 Å². The normalized spacial score (nSPS) is 20.4. The molecule has 2 aromatic rings. The standard InChI is InChI=1S/C28H27N3O6Si/c1-38(2,3)17-16-37-28(36)21-14-9-15-29(24(32)18-10-5-4-6-11-18)31-22(21)23(27(31)35)30-25(33)19-12-7-8-13-20(19)26(30)34/h4-15,22-23H,16-17H2,1-3H3. The third-order valence-corrected chi connectivity index (χ3v) is 8.45. The van der Waals surface area contributed by atoms with Crippen LogP contribution in [-0.4, -0.2) is 71.3 Å². The van der Waals surface area contributed by atoms with E-state index in [4.69, 9.17) is 4.74 Å². The number of ether oxygens (including phenoxy) is 1. The predicted octanol–water partition coefficient (Wildman–Crippen LogP) is 3.25. The summed E-state index contributed by atoms with van der Waals surface area (Å²) >= 11 is 0. The Balaban J connectivity index is 1.50. The number of amides is 4. The zero-order valence-electron chi connectivity index (χ0n) is 21.3. The Labute approximate surface area is 220 Å². The molecule has 9 nitrogen and oxygen atoms in total. The van der Waals surface area contributed by atoms with Crippen molar-refractivity contribution in [1.82, 2.24) is 14.9 Å². The summed E-state index contributed by atoms with van der Waals surface area (Å²) in [5.74, 6) is -3.05. The number of carbonyl (C=O) groups is 5. The van der Waals surface area contributed by atoms with Gasteiger partial charge in [-0.3, -0.25) is 24.1 Å². The van der Waals surface area contributed by atoms with Gasteiger partial charge in [-0.05, 0) is 42.5 Å². The summed E-state index contributed by atoms with van der Waals surface area (Å²) < 4.78 is 5.57. The molecule has 0 bridgehead atoms. The number of fused-ring (bicyclic) bond motifs is 2. The number of carbonyl (C=O) groups excluding carboxylic acids is 5. The maximum atomic E-state index is 13.6. The third kappa shape index (κ3) is 4.26. The van der Waals surface area contributed by atoms with Gasteiger partial charge in [0.25, 0.3) is 23.6 Å². The fourth-order valence-electron chi connectivity index (χ4n) is 4.71. The molecule has 1 saturated heterocycles. The highest BCUT2D eigenvalue weighted by Gasteiger charge is 2.61. The Hall–Kier alpha value is -4.31. The van der Waals surface area contributed by atoms with Gasteiger partial charge in [-0.25, -0.2) is 14.8 Å². The van der Waals surface area contributed by atoms with Crippen molar-refractivity contribution in [3.8, 4) is 0 Å². The Bertz CT molecular complexity index is 1380. The second kappa shape index (κ2) is 9.53. The van der Waals surface area contributed by atoms with Gasteiger partial charge in [-0.15, -0.1) is 0 Å². The van der Waals surface area contributed by atoms with E-state index in [2.05, 4.69) is 19.6 Å². The first-order chi connectivity index (χ1) is 18.1. The molecule has 4 amide bonds. The summed E-state index contributed by atoms with van der Waals surface area (Å²) in [6.07, 6.45) is 4.35. The molecule has 0 aromatic heterocycles. The van der Waals surface area contributed by atoms with Crippen LogP contribution < -0.4 is 0 Å². The van der Waals surface area contributed by atoms with Gasteiger partial charge in [0.1, 0.15) is 12.1 Å². The number of β-lactam (4-membered cyclic amide) rings is 1. The van der Waals surface area contributed by atoms with Crippen molar-refractivity contribution >= 4 is 37.7 Å². The number of rotatable bonds is 6. The van der Waals surface area contributed by atoms with Crippen molar-refractivity contribution < 1.29 is 28.7 Å². The van der Waals surface area contributed by atoms with Gasteiger partial charge in [0, 0.05) is 19.8 Å². The van der Waals surface area contributed by atoms with Gasteiger partial charge in [-0.1, -0.05) is 50.0 Å². The molecule has 0 N–H and O–H groups in total. The van der Waals surface area contributed by atoms with Crippen molar-refractivity contribution in [2.45, 2.75) is 37.8 Å². The molecule has 2 atom stereocenters. The van der Waals surface area contributed by atoms with Gasteiger partial charge in [0.2, 0.25) is 0 Å². The molecule has 0 radical (unpaired) electrons. The maximum Gasteiger partial charge on any atom is 0.336 e. The smallest absolute Gasteiger partial charge is 0.336 e. The van der Waals surface area contributed by atoms with Gasteiger partial charge in [0.05, 0.1) is 23.3 Å². The number of hydrazine groups is 1. The van der Waals surface area contributed by atoms with Crippen LogP contribution in [0.15, 0.2) is 78.5 Å². The Morgan fingerprint density at radius 3 is 2.08 bits per heavy atom. The van der Waals surface area contributed by atoms with E-state index in [1.807, 2.05) is 0 Å². The van der Waals surface area contributed by atoms with Crippen molar-refractivity contribution in [2.24, 2.45) is 0 Å². The molecule has 2 unspecified atom stereocenters. The second-order valence-electron chi connectivity index (χ2n) is 10.5. The molecule has 3 aliphatic rings. The predicted molar refractivity (Wildman–Crippen MR) is 140 cm³/mol. The van der Waals surface area contributed by atoms with Crippen LogP contribution in [0.1, 0.15) is 31.1 Å². The average molecular weight is 530 g/mol. The summed E-state index contributed by atoms with van der Waals surface area (Å²) in [6, 6.07) is 13.1. The number of hydrogen-bond acceptors (Lipinski definition) is 6. The highest BCUT2D eigenvalue weighted by atomic mass is 28.3. The summed E-state index contributed by atoms with van der Waals surface area (Å²) in [7, 11) is -1.49. The molecule has 194 valence electrons. The zero-order chi connectivity index (χ0) is 27.2. The Kier molecular flexibility index (Phi) is 6.35. The monoisotopic (exact) mass is 529 g/mol. The van der Waals surface area contributed by atoms with Crippen LogP contribution in [0.2, 0.25) is 25.7 Å². The molecule has 3 heterocycles. The van der Waals surface area contributed by atoms with Crippen LogP contribution in [0.3, 0.4) is 0 Å². The Morgan fingerprint density at radius 1 is 0.868 bits per heavy atom. The minimum absolute atomic E-state index is 0.0846. The van der Waals surface area contributed by atoms with Crippen molar-refractivity contribution in [3.63, 3.8) is 0 Å². The molecular formula is C28H27N3O6Si. The first-order valence-electron chi connectivity index (χ1n) is 12.3. The summed E-state index contributed by atoms with van der Waals surface area (Å²) in [6.45, 7) is 6.69. The fraction of sp³-hybridized carbons (Fsp3) is 0.250.